The predicted octanol–water partition coefficient (Wildman–Crippen LogP) is 3.36. The Morgan fingerprint density at radius 2 is 1.44 bits per heavy atom. The van der Waals surface area contributed by atoms with Crippen molar-refractivity contribution in [3.8, 4) is 0 Å². The maximum atomic E-state index is 3.68. The van der Waals surface area contributed by atoms with Gasteiger partial charge >= 0.3 is 19.5 Å². The van der Waals surface area contributed by atoms with Gasteiger partial charge in [-0.25, -0.2) is 0 Å². The third-order valence-corrected chi connectivity index (χ3v) is 0.604. The first kappa shape index (κ1) is 33.5. The molecule has 0 bridgehead atoms. The summed E-state index contributed by atoms with van der Waals surface area (Å²) in [5, 5.41) is 0. The van der Waals surface area contributed by atoms with Gasteiger partial charge in [-0.05, 0) is 0 Å². The summed E-state index contributed by atoms with van der Waals surface area (Å²) in [4.78, 5) is 0. The van der Waals surface area contributed by atoms with E-state index in [1.165, 1.54) is 12.8 Å². The van der Waals surface area contributed by atoms with Crippen LogP contribution in [0.15, 0.2) is 0 Å². The largest absolute Gasteiger partial charge is 4.00 e. The summed E-state index contributed by atoms with van der Waals surface area (Å²) in [6, 6.07) is 0. The van der Waals surface area contributed by atoms with E-state index in [1.54, 1.807) is 0 Å². The van der Waals surface area contributed by atoms with Gasteiger partial charge in [-0.3, -0.25) is 0 Å². The van der Waals surface area contributed by atoms with Crippen LogP contribution in [0.25, 0.3) is 0 Å². The van der Waals surface area contributed by atoms with Gasteiger partial charge in [0.2, 0.25) is 0 Å². The maximum absolute atomic E-state index is 3.68. The van der Waals surface area contributed by atoms with Gasteiger partial charge in [-0.15, -0.1) is 0 Å². The van der Waals surface area contributed by atoms with E-state index < -0.39 is 0 Å². The Kier molecular flexibility index (Phi) is 142. The van der Waals surface area contributed by atoms with Gasteiger partial charge < -0.3 is 29.2 Å². The van der Waals surface area contributed by atoms with Crippen molar-refractivity contribution in [2.75, 3.05) is 0 Å². The number of rotatable bonds is 2. The molecular formula is C8H20Ru. The second-order valence-electron chi connectivity index (χ2n) is 1.21. The Morgan fingerprint density at radius 1 is 1.11 bits per heavy atom. The molecule has 0 aliphatic heterocycles. The standard InChI is InChI=1S/C5H11.3CH3.Ru/c1-3-5-4-2;;;;/h1,3-5H2,2H3;3*1H3;/q4*-1;+4. The molecule has 60 valence electrons. The van der Waals surface area contributed by atoms with Crippen LogP contribution in [0.4, 0.5) is 0 Å². The SMILES string of the molecule is [CH2-]CCCC.[CH3-].[CH3-].[CH3-].[Ru+4]. The average molecular weight is 217 g/mol. The molecular weight excluding hydrogens is 197 g/mol. The molecule has 0 fully saturated rings. The van der Waals surface area contributed by atoms with E-state index in [-0.39, 0.29) is 41.8 Å². The molecule has 0 spiro atoms. The monoisotopic (exact) mass is 218 g/mol. The minimum Gasteiger partial charge on any atom is -0.358 e. The molecule has 0 aromatic rings. The molecule has 0 nitrogen and oxygen atoms in total. The molecule has 0 saturated carbocycles. The molecule has 0 aromatic heterocycles. The number of unbranched alkanes of at least 4 members (excludes halogenated alkanes) is 2. The van der Waals surface area contributed by atoms with Crippen molar-refractivity contribution < 1.29 is 19.5 Å². The Bertz CT molecular complexity index is 12.0. The van der Waals surface area contributed by atoms with E-state index in [2.05, 4.69) is 13.8 Å². The first-order chi connectivity index (χ1) is 2.41. The molecule has 0 radical (unpaired) electrons. The Hall–Kier alpha value is 0.623. The molecule has 0 N–H and O–H groups in total. The molecule has 0 unspecified atom stereocenters. The maximum Gasteiger partial charge on any atom is 4.00 e. The number of hydrogen-bond donors (Lipinski definition) is 0. The third kappa shape index (κ3) is 55.0. The minimum atomic E-state index is 0. The van der Waals surface area contributed by atoms with Crippen molar-refractivity contribution in [1.82, 2.24) is 0 Å². The molecule has 9 heavy (non-hydrogen) atoms. The molecule has 0 saturated heterocycles. The van der Waals surface area contributed by atoms with E-state index in [0.717, 1.165) is 6.42 Å². The fourth-order valence-electron chi connectivity index (χ4n) is 0.250. The van der Waals surface area contributed by atoms with Gasteiger partial charge in [0.25, 0.3) is 0 Å². The van der Waals surface area contributed by atoms with Crippen LogP contribution in [-0.2, 0) is 19.5 Å². The summed E-state index contributed by atoms with van der Waals surface area (Å²) >= 11 is 0. The van der Waals surface area contributed by atoms with Crippen LogP contribution in [0.2, 0.25) is 0 Å². The van der Waals surface area contributed by atoms with E-state index >= 15 is 0 Å². The summed E-state index contributed by atoms with van der Waals surface area (Å²) in [5.74, 6) is 0. The van der Waals surface area contributed by atoms with Crippen molar-refractivity contribution >= 4 is 0 Å². The van der Waals surface area contributed by atoms with Crippen LogP contribution in [0.3, 0.4) is 0 Å². The van der Waals surface area contributed by atoms with Gasteiger partial charge in [-0.1, -0.05) is 19.8 Å². The van der Waals surface area contributed by atoms with Gasteiger partial charge in [0.15, 0.2) is 0 Å². The number of hydrogen-bond acceptors (Lipinski definition) is 0. The summed E-state index contributed by atoms with van der Waals surface area (Å²) in [7, 11) is 0. The van der Waals surface area contributed by atoms with Crippen molar-refractivity contribution in [1.29, 1.82) is 0 Å². The van der Waals surface area contributed by atoms with Crippen molar-refractivity contribution in [3.05, 3.63) is 29.2 Å². The van der Waals surface area contributed by atoms with Gasteiger partial charge in [0.1, 0.15) is 0 Å². The molecule has 0 amide bonds. The van der Waals surface area contributed by atoms with E-state index in [0.29, 0.717) is 0 Å². The Balaban J connectivity index is -0.0000000133. The van der Waals surface area contributed by atoms with Crippen molar-refractivity contribution in [2.24, 2.45) is 0 Å². The van der Waals surface area contributed by atoms with Crippen molar-refractivity contribution in [3.63, 3.8) is 0 Å². The zero-order valence-corrected chi connectivity index (χ0v) is 8.92. The second kappa shape index (κ2) is 38.2. The van der Waals surface area contributed by atoms with E-state index in [1.807, 2.05) is 0 Å². The third-order valence-electron chi connectivity index (χ3n) is 0.604. The molecule has 0 aliphatic carbocycles. The van der Waals surface area contributed by atoms with Crippen LogP contribution in [0.1, 0.15) is 26.2 Å². The molecule has 0 aliphatic rings. The minimum absolute atomic E-state index is 0. The zero-order valence-electron chi connectivity index (χ0n) is 7.18. The van der Waals surface area contributed by atoms with E-state index in [9.17, 15) is 0 Å². The average Bonchev–Trinajstić information content (AvgIpc) is 1.41. The summed E-state index contributed by atoms with van der Waals surface area (Å²) in [6.07, 6.45) is 3.65. The molecule has 1 heteroatoms. The van der Waals surface area contributed by atoms with Gasteiger partial charge in [0.05, 0.1) is 0 Å². The first-order valence-electron chi connectivity index (χ1n) is 2.21. The van der Waals surface area contributed by atoms with Gasteiger partial charge in [-0.2, -0.15) is 6.42 Å². The van der Waals surface area contributed by atoms with Crippen LogP contribution >= 0.6 is 0 Å². The Morgan fingerprint density at radius 3 is 1.44 bits per heavy atom. The van der Waals surface area contributed by atoms with Crippen LogP contribution in [0.5, 0.6) is 0 Å². The summed E-state index contributed by atoms with van der Waals surface area (Å²) in [5.41, 5.74) is 0. The summed E-state index contributed by atoms with van der Waals surface area (Å²) < 4.78 is 0. The van der Waals surface area contributed by atoms with Crippen LogP contribution in [-0.4, -0.2) is 0 Å². The zero-order chi connectivity index (χ0) is 4.12. The van der Waals surface area contributed by atoms with Crippen LogP contribution in [0, 0.1) is 29.2 Å². The first-order valence-corrected chi connectivity index (χ1v) is 2.21. The van der Waals surface area contributed by atoms with Crippen LogP contribution < -0.4 is 0 Å². The molecule has 0 rings (SSSR count). The fraction of sp³-hybridized carbons (Fsp3) is 0.500. The predicted molar refractivity (Wildman–Crippen MR) is 44.1 cm³/mol. The Labute approximate surface area is 75.2 Å². The second-order valence-corrected chi connectivity index (χ2v) is 1.21. The fourth-order valence-corrected chi connectivity index (χ4v) is 0.250. The topological polar surface area (TPSA) is 0 Å². The van der Waals surface area contributed by atoms with Gasteiger partial charge in [0, 0.05) is 0 Å². The molecule has 0 aromatic carbocycles. The quantitative estimate of drug-likeness (QED) is 0.491. The van der Waals surface area contributed by atoms with E-state index in [4.69, 9.17) is 0 Å². The molecule has 0 heterocycles. The normalized spacial score (nSPS) is 4.67. The summed E-state index contributed by atoms with van der Waals surface area (Å²) in [6.45, 7) is 5.85. The smallest absolute Gasteiger partial charge is 0.358 e. The molecule has 0 atom stereocenters. The van der Waals surface area contributed by atoms with Crippen molar-refractivity contribution in [2.45, 2.75) is 26.2 Å².